The smallest absolute Gasteiger partial charge is 0.408 e. The van der Waals surface area contributed by atoms with Gasteiger partial charge in [0.1, 0.15) is 6.04 Å². The summed E-state index contributed by atoms with van der Waals surface area (Å²) in [4.78, 5) is 40.5. The number of para-hydroxylation sites is 2. The quantitative estimate of drug-likeness (QED) is 0.508. The molecule has 8 nitrogen and oxygen atoms in total. The highest BCUT2D eigenvalue weighted by Gasteiger charge is 2.22. The molecule has 152 valence electrons. The van der Waals surface area contributed by atoms with Crippen LogP contribution in [0.4, 0.5) is 10.8 Å². The molecule has 9 heteroatoms. The molecule has 2 aromatic carbocycles. The summed E-state index contributed by atoms with van der Waals surface area (Å²) in [6.07, 6.45) is 0. The van der Waals surface area contributed by atoms with Crippen LogP contribution in [0.5, 0.6) is 0 Å². The summed E-state index contributed by atoms with van der Waals surface area (Å²) >= 11 is 1.29. The van der Waals surface area contributed by atoms with Crippen molar-refractivity contribution >= 4 is 45.1 Å². The van der Waals surface area contributed by atoms with Gasteiger partial charge < -0.3 is 15.1 Å². The molecule has 0 fully saturated rings. The van der Waals surface area contributed by atoms with Crippen molar-refractivity contribution in [3.05, 3.63) is 64.5 Å². The van der Waals surface area contributed by atoms with E-state index in [9.17, 15) is 14.4 Å². The summed E-state index contributed by atoms with van der Waals surface area (Å²) in [6, 6.07) is 13.4. The highest BCUT2D eigenvalue weighted by atomic mass is 32.1. The first kappa shape index (κ1) is 19.6. The number of oxazole rings is 1. The van der Waals surface area contributed by atoms with Crippen LogP contribution in [0.1, 0.15) is 19.9 Å². The number of anilines is 2. The van der Waals surface area contributed by atoms with Gasteiger partial charge >= 0.3 is 5.76 Å². The highest BCUT2D eigenvalue weighted by molar-refractivity contribution is 7.14. The van der Waals surface area contributed by atoms with E-state index in [1.54, 1.807) is 43.3 Å². The van der Waals surface area contributed by atoms with Gasteiger partial charge in [0.15, 0.2) is 10.7 Å². The Morgan fingerprint density at radius 3 is 2.57 bits per heavy atom. The van der Waals surface area contributed by atoms with E-state index < -0.39 is 11.8 Å². The van der Waals surface area contributed by atoms with Gasteiger partial charge in [-0.2, -0.15) is 0 Å². The van der Waals surface area contributed by atoms with Gasteiger partial charge in [0.25, 0.3) is 0 Å². The van der Waals surface area contributed by atoms with Gasteiger partial charge in [0.05, 0.1) is 11.2 Å². The van der Waals surface area contributed by atoms with Crippen LogP contribution in [-0.4, -0.2) is 21.4 Å². The number of nitrogens with zero attached hydrogens (tertiary/aromatic N) is 2. The maximum absolute atomic E-state index is 12.7. The summed E-state index contributed by atoms with van der Waals surface area (Å²) in [5.74, 6) is -1.09. The van der Waals surface area contributed by atoms with E-state index in [1.807, 2.05) is 17.5 Å². The summed E-state index contributed by atoms with van der Waals surface area (Å²) in [5, 5.41) is 7.72. The van der Waals surface area contributed by atoms with Crippen LogP contribution >= 0.6 is 11.3 Å². The third kappa shape index (κ3) is 3.87. The van der Waals surface area contributed by atoms with Crippen LogP contribution in [-0.2, 0) is 9.59 Å². The second-order valence-corrected chi connectivity index (χ2v) is 7.53. The van der Waals surface area contributed by atoms with Crippen molar-refractivity contribution in [3.63, 3.8) is 0 Å². The van der Waals surface area contributed by atoms with Crippen LogP contribution in [0.2, 0.25) is 0 Å². The Kier molecular flexibility index (Phi) is 5.20. The highest BCUT2D eigenvalue weighted by Crippen LogP contribution is 2.27. The fourth-order valence-electron chi connectivity index (χ4n) is 3.07. The minimum Gasteiger partial charge on any atom is -0.408 e. The van der Waals surface area contributed by atoms with Crippen molar-refractivity contribution in [1.29, 1.82) is 0 Å². The number of rotatable bonds is 5. The Morgan fingerprint density at radius 2 is 1.83 bits per heavy atom. The molecule has 0 aliphatic carbocycles. The zero-order valence-corrected chi connectivity index (χ0v) is 17.0. The van der Waals surface area contributed by atoms with Gasteiger partial charge in [0.2, 0.25) is 11.8 Å². The zero-order valence-electron chi connectivity index (χ0n) is 16.2. The Hall–Kier alpha value is -3.72. The average Bonchev–Trinajstić information content (AvgIpc) is 3.31. The lowest BCUT2D eigenvalue weighted by Gasteiger charge is -2.11. The Bertz CT molecular complexity index is 1290. The minimum absolute atomic E-state index is 0.139. The molecule has 4 rings (SSSR count). The van der Waals surface area contributed by atoms with Gasteiger partial charge in [-0.3, -0.25) is 14.2 Å². The molecule has 2 N–H and O–H groups in total. The number of aromatic nitrogens is 2. The van der Waals surface area contributed by atoms with E-state index >= 15 is 0 Å². The fraction of sp³-hybridized carbons (Fsp3) is 0.143. The SMILES string of the molecule is CC(=O)Nc1ccc(-c2csc(NC(=O)C(C)n3c(=O)oc4ccccc43)n2)cc1. The molecule has 2 amide bonds. The van der Waals surface area contributed by atoms with Crippen molar-refractivity contribution in [3.8, 4) is 11.3 Å². The fourth-order valence-corrected chi connectivity index (χ4v) is 3.79. The third-order valence-corrected chi connectivity index (χ3v) is 5.28. The number of hydrogen-bond donors (Lipinski definition) is 2. The molecule has 0 saturated carbocycles. The largest absolute Gasteiger partial charge is 0.420 e. The summed E-state index contributed by atoms with van der Waals surface area (Å²) < 4.78 is 6.52. The van der Waals surface area contributed by atoms with E-state index in [4.69, 9.17) is 4.42 Å². The summed E-state index contributed by atoms with van der Waals surface area (Å²) in [7, 11) is 0. The number of nitrogens with one attached hydrogen (secondary N) is 2. The van der Waals surface area contributed by atoms with E-state index in [2.05, 4.69) is 15.6 Å². The molecule has 30 heavy (non-hydrogen) atoms. The lowest BCUT2D eigenvalue weighted by Crippen LogP contribution is -2.29. The normalized spacial score (nSPS) is 11.9. The van der Waals surface area contributed by atoms with Crippen molar-refractivity contribution in [2.24, 2.45) is 0 Å². The van der Waals surface area contributed by atoms with E-state index in [0.717, 1.165) is 5.56 Å². The topological polar surface area (TPSA) is 106 Å². The first-order valence-electron chi connectivity index (χ1n) is 9.17. The Morgan fingerprint density at radius 1 is 1.10 bits per heavy atom. The van der Waals surface area contributed by atoms with Crippen LogP contribution in [0.25, 0.3) is 22.4 Å². The molecule has 2 aromatic heterocycles. The van der Waals surface area contributed by atoms with E-state index in [-0.39, 0.29) is 11.8 Å². The number of thiazole rings is 1. The third-order valence-electron chi connectivity index (χ3n) is 4.52. The Balaban J connectivity index is 1.50. The molecule has 0 bridgehead atoms. The van der Waals surface area contributed by atoms with Crippen molar-refractivity contribution in [2.75, 3.05) is 10.6 Å². The second-order valence-electron chi connectivity index (χ2n) is 6.67. The molecule has 0 saturated heterocycles. The number of fused-ring (bicyclic) bond motifs is 1. The molecule has 4 aromatic rings. The molecule has 2 heterocycles. The molecule has 0 spiro atoms. The number of carbonyl (C=O) groups excluding carboxylic acids is 2. The molecule has 0 radical (unpaired) electrons. The van der Waals surface area contributed by atoms with Crippen LogP contribution in [0.3, 0.4) is 0 Å². The van der Waals surface area contributed by atoms with Crippen molar-refractivity contribution in [1.82, 2.24) is 9.55 Å². The lowest BCUT2D eigenvalue weighted by atomic mass is 10.1. The molecular weight excluding hydrogens is 404 g/mol. The first-order valence-corrected chi connectivity index (χ1v) is 10.0. The first-order chi connectivity index (χ1) is 14.4. The monoisotopic (exact) mass is 422 g/mol. The number of benzene rings is 2. The summed E-state index contributed by atoms with van der Waals surface area (Å²) in [5.41, 5.74) is 3.24. The van der Waals surface area contributed by atoms with Gasteiger partial charge in [-0.15, -0.1) is 11.3 Å². The van der Waals surface area contributed by atoms with Gasteiger partial charge in [-0.05, 0) is 31.2 Å². The number of hydrogen-bond acceptors (Lipinski definition) is 6. The molecule has 0 aliphatic rings. The zero-order chi connectivity index (χ0) is 21.3. The predicted molar refractivity (Wildman–Crippen MR) is 116 cm³/mol. The molecule has 1 unspecified atom stereocenters. The standard InChI is InChI=1S/C21H18N4O4S/c1-12(25-17-5-3-4-6-18(17)29-21(25)28)19(27)24-20-23-16(11-30-20)14-7-9-15(10-8-14)22-13(2)26/h3-12H,1-2H3,(H,22,26)(H,23,24,27). The molecule has 1 atom stereocenters. The van der Waals surface area contributed by atoms with Crippen LogP contribution in [0.15, 0.2) is 63.1 Å². The Labute approximate surface area is 175 Å². The van der Waals surface area contributed by atoms with Gasteiger partial charge in [-0.1, -0.05) is 24.3 Å². The van der Waals surface area contributed by atoms with Crippen LogP contribution in [0, 0.1) is 0 Å². The van der Waals surface area contributed by atoms with Crippen LogP contribution < -0.4 is 16.4 Å². The average molecular weight is 422 g/mol. The summed E-state index contributed by atoms with van der Waals surface area (Å²) in [6.45, 7) is 3.08. The maximum Gasteiger partial charge on any atom is 0.420 e. The van der Waals surface area contributed by atoms with Gasteiger partial charge in [-0.25, -0.2) is 9.78 Å². The second kappa shape index (κ2) is 7.96. The lowest BCUT2D eigenvalue weighted by molar-refractivity contribution is -0.119. The van der Waals surface area contributed by atoms with E-state index in [1.165, 1.54) is 22.8 Å². The van der Waals surface area contributed by atoms with Gasteiger partial charge in [0, 0.05) is 23.6 Å². The van der Waals surface area contributed by atoms with Crippen molar-refractivity contribution in [2.45, 2.75) is 19.9 Å². The minimum atomic E-state index is -0.773. The number of carbonyl (C=O) groups is 2. The van der Waals surface area contributed by atoms with Crippen molar-refractivity contribution < 1.29 is 14.0 Å². The molecule has 0 aliphatic heterocycles. The molecular formula is C21H18N4O4S. The number of amides is 2. The van der Waals surface area contributed by atoms with E-state index in [0.29, 0.717) is 27.6 Å². The predicted octanol–water partition coefficient (Wildman–Crippen LogP) is 3.88. The maximum atomic E-state index is 12.7.